The number of piperidine rings is 1. The van der Waals surface area contributed by atoms with Gasteiger partial charge in [-0.05, 0) is 54.7 Å². The first-order valence-electron chi connectivity index (χ1n) is 10.3. The number of benzene rings is 1. The van der Waals surface area contributed by atoms with Crippen LogP contribution in [0, 0.1) is 5.41 Å². The molecule has 4 rings (SSSR count). The van der Waals surface area contributed by atoms with Crippen molar-refractivity contribution in [1.82, 2.24) is 15.5 Å². The van der Waals surface area contributed by atoms with Crippen LogP contribution in [0.15, 0.2) is 18.2 Å². The molecule has 0 bridgehead atoms. The van der Waals surface area contributed by atoms with E-state index < -0.39 is 6.04 Å². The molecular weight excluding hydrogens is 354 g/mol. The van der Waals surface area contributed by atoms with Crippen molar-refractivity contribution >= 4 is 17.7 Å². The zero-order valence-electron chi connectivity index (χ0n) is 16.7. The van der Waals surface area contributed by atoms with Crippen LogP contribution in [0.1, 0.15) is 73.9 Å². The summed E-state index contributed by atoms with van der Waals surface area (Å²) in [6.45, 7) is 5.92. The van der Waals surface area contributed by atoms with Gasteiger partial charge in [0.2, 0.25) is 11.8 Å². The van der Waals surface area contributed by atoms with Crippen molar-refractivity contribution in [1.29, 1.82) is 0 Å². The van der Waals surface area contributed by atoms with Crippen molar-refractivity contribution in [2.75, 3.05) is 0 Å². The van der Waals surface area contributed by atoms with Crippen LogP contribution in [0.25, 0.3) is 0 Å². The number of hydrogen-bond acceptors (Lipinski definition) is 4. The average molecular weight is 383 g/mol. The second-order valence-corrected chi connectivity index (χ2v) is 9.21. The van der Waals surface area contributed by atoms with E-state index in [-0.39, 0.29) is 24.1 Å². The molecule has 3 aliphatic rings. The minimum absolute atomic E-state index is 0.112. The van der Waals surface area contributed by atoms with Crippen LogP contribution in [-0.2, 0) is 22.7 Å². The summed E-state index contributed by atoms with van der Waals surface area (Å²) in [5.41, 5.74) is 3.28. The number of imide groups is 1. The molecule has 1 saturated carbocycles. The number of nitrogens with one attached hydrogen (secondary N) is 2. The number of nitrogens with zero attached hydrogens (tertiary/aromatic N) is 1. The smallest absolute Gasteiger partial charge is 0.255 e. The van der Waals surface area contributed by atoms with Crippen LogP contribution in [0.2, 0.25) is 0 Å². The number of fused-ring (bicyclic) bond motifs is 1. The van der Waals surface area contributed by atoms with Gasteiger partial charge >= 0.3 is 0 Å². The van der Waals surface area contributed by atoms with E-state index in [0.717, 1.165) is 12.1 Å². The summed E-state index contributed by atoms with van der Waals surface area (Å²) in [4.78, 5) is 37.9. The summed E-state index contributed by atoms with van der Waals surface area (Å²) in [5.74, 6) is -0.733. The van der Waals surface area contributed by atoms with Crippen molar-refractivity contribution in [3.63, 3.8) is 0 Å². The van der Waals surface area contributed by atoms with Crippen molar-refractivity contribution in [3.8, 4) is 0 Å². The summed E-state index contributed by atoms with van der Waals surface area (Å²) in [5, 5.41) is 6.01. The highest BCUT2D eigenvalue weighted by atomic mass is 16.2. The van der Waals surface area contributed by atoms with Crippen LogP contribution in [0.3, 0.4) is 0 Å². The topological polar surface area (TPSA) is 78.5 Å². The fourth-order valence-corrected chi connectivity index (χ4v) is 4.60. The third-order valence-corrected chi connectivity index (χ3v) is 6.52. The fraction of sp³-hybridized carbons (Fsp3) is 0.591. The van der Waals surface area contributed by atoms with Gasteiger partial charge in [0.05, 0.1) is 0 Å². The van der Waals surface area contributed by atoms with Crippen LogP contribution >= 0.6 is 0 Å². The quantitative estimate of drug-likeness (QED) is 0.783. The molecule has 2 aliphatic heterocycles. The van der Waals surface area contributed by atoms with Gasteiger partial charge in [-0.25, -0.2) is 0 Å². The number of amides is 3. The maximum absolute atomic E-state index is 12.7. The van der Waals surface area contributed by atoms with Gasteiger partial charge < -0.3 is 10.2 Å². The Morgan fingerprint density at radius 2 is 1.89 bits per heavy atom. The molecule has 1 atom stereocenters. The third-order valence-electron chi connectivity index (χ3n) is 6.52. The summed E-state index contributed by atoms with van der Waals surface area (Å²) >= 11 is 0. The van der Waals surface area contributed by atoms with Gasteiger partial charge in [0, 0.05) is 31.1 Å². The van der Waals surface area contributed by atoms with Crippen molar-refractivity contribution in [2.45, 2.75) is 77.5 Å². The van der Waals surface area contributed by atoms with Gasteiger partial charge in [-0.3, -0.25) is 19.7 Å². The van der Waals surface area contributed by atoms with Crippen LogP contribution < -0.4 is 10.6 Å². The minimum atomic E-state index is -0.551. The van der Waals surface area contributed by atoms with Crippen LogP contribution in [0.4, 0.5) is 0 Å². The van der Waals surface area contributed by atoms with Gasteiger partial charge in [-0.2, -0.15) is 0 Å². The van der Waals surface area contributed by atoms with Crippen LogP contribution in [0.5, 0.6) is 0 Å². The highest BCUT2D eigenvalue weighted by Crippen LogP contribution is 2.35. The first-order chi connectivity index (χ1) is 13.3. The zero-order valence-corrected chi connectivity index (χ0v) is 16.7. The van der Waals surface area contributed by atoms with E-state index >= 15 is 0 Å². The molecule has 2 fully saturated rings. The lowest BCUT2D eigenvalue weighted by Crippen LogP contribution is -2.52. The maximum Gasteiger partial charge on any atom is 0.255 e. The Bertz CT molecular complexity index is 807. The molecule has 6 heteroatoms. The first-order valence-corrected chi connectivity index (χ1v) is 10.3. The Morgan fingerprint density at radius 1 is 1.14 bits per heavy atom. The molecule has 1 aromatic rings. The van der Waals surface area contributed by atoms with Gasteiger partial charge in [0.1, 0.15) is 6.04 Å². The van der Waals surface area contributed by atoms with Gasteiger partial charge in [-0.15, -0.1) is 0 Å². The molecule has 6 nitrogen and oxygen atoms in total. The number of carbonyl (C=O) groups is 3. The zero-order chi connectivity index (χ0) is 19.9. The van der Waals surface area contributed by atoms with Gasteiger partial charge in [-0.1, -0.05) is 26.0 Å². The van der Waals surface area contributed by atoms with Crippen molar-refractivity contribution < 1.29 is 14.4 Å². The lowest BCUT2D eigenvalue weighted by Gasteiger charge is -2.34. The largest absolute Gasteiger partial charge is 0.322 e. The Morgan fingerprint density at radius 3 is 2.61 bits per heavy atom. The molecular formula is C22H29N3O3. The molecule has 1 saturated heterocycles. The van der Waals surface area contributed by atoms with E-state index in [4.69, 9.17) is 0 Å². The van der Waals surface area contributed by atoms with Crippen molar-refractivity contribution in [3.05, 3.63) is 34.9 Å². The Labute approximate surface area is 166 Å². The predicted octanol–water partition coefficient (Wildman–Crippen LogP) is 2.51. The number of carbonyl (C=O) groups excluding carboxylic acids is 3. The summed E-state index contributed by atoms with van der Waals surface area (Å²) < 4.78 is 0. The number of rotatable bonds is 4. The minimum Gasteiger partial charge on any atom is -0.322 e. The fourth-order valence-electron chi connectivity index (χ4n) is 4.60. The molecule has 1 aromatic carbocycles. The lowest BCUT2D eigenvalue weighted by atomic mass is 9.75. The summed E-state index contributed by atoms with van der Waals surface area (Å²) in [7, 11) is 0. The van der Waals surface area contributed by atoms with E-state index in [1.54, 1.807) is 4.90 Å². The standard InChI is InChI=1S/C22H29N3O3/c1-22(2)9-7-16(8-10-22)23-12-14-3-4-17-15(11-14)13-25(21(17)28)18-5-6-19(26)24-20(18)27/h3-4,11,16,18,23H,5-10,12-13H2,1-2H3,(H,24,26,27). The van der Waals surface area contributed by atoms with Gasteiger partial charge in [0.25, 0.3) is 5.91 Å². The highest BCUT2D eigenvalue weighted by molar-refractivity contribution is 6.05. The van der Waals surface area contributed by atoms with E-state index in [2.05, 4.69) is 30.5 Å². The van der Waals surface area contributed by atoms with E-state index in [9.17, 15) is 14.4 Å². The first kappa shape index (κ1) is 19.1. The highest BCUT2D eigenvalue weighted by Gasteiger charge is 2.39. The third kappa shape index (κ3) is 3.83. The molecule has 28 heavy (non-hydrogen) atoms. The molecule has 1 unspecified atom stereocenters. The Kier molecular flexibility index (Phi) is 5.00. The SMILES string of the molecule is CC1(C)CCC(NCc2ccc3c(c2)CN(C2CCC(=O)NC2=O)C3=O)CC1. The van der Waals surface area contributed by atoms with E-state index in [1.165, 1.54) is 31.2 Å². The van der Waals surface area contributed by atoms with E-state index in [1.807, 2.05) is 12.1 Å². The van der Waals surface area contributed by atoms with Crippen molar-refractivity contribution in [2.24, 2.45) is 5.41 Å². The molecule has 2 N–H and O–H groups in total. The molecule has 3 amide bonds. The summed E-state index contributed by atoms with van der Waals surface area (Å²) in [6.07, 6.45) is 5.61. The number of hydrogen-bond donors (Lipinski definition) is 2. The average Bonchev–Trinajstić information content (AvgIpc) is 2.97. The van der Waals surface area contributed by atoms with Gasteiger partial charge in [0.15, 0.2) is 0 Å². The maximum atomic E-state index is 12.7. The normalized spacial score (nSPS) is 25.0. The molecule has 1 aliphatic carbocycles. The summed E-state index contributed by atoms with van der Waals surface area (Å²) in [6, 6.07) is 5.97. The Hall–Kier alpha value is -2.21. The molecule has 0 spiro atoms. The molecule has 2 heterocycles. The monoisotopic (exact) mass is 383 g/mol. The molecule has 0 aromatic heterocycles. The lowest BCUT2D eigenvalue weighted by molar-refractivity contribution is -0.136. The predicted molar refractivity (Wildman–Crippen MR) is 105 cm³/mol. The second kappa shape index (κ2) is 7.32. The van der Waals surface area contributed by atoms with E-state index in [0.29, 0.717) is 30.0 Å². The molecule has 150 valence electrons. The second-order valence-electron chi connectivity index (χ2n) is 9.21. The van der Waals surface area contributed by atoms with Crippen LogP contribution in [-0.4, -0.2) is 34.7 Å². The molecule has 0 radical (unpaired) electrons. The Balaban J connectivity index is 1.38.